The molecule has 0 saturated heterocycles. The van der Waals surface area contributed by atoms with Gasteiger partial charge in [0, 0.05) is 29.5 Å². The van der Waals surface area contributed by atoms with Crippen molar-refractivity contribution in [1.29, 1.82) is 0 Å². The number of rotatable bonds is 7. The lowest BCUT2D eigenvalue weighted by molar-refractivity contribution is -0.130. The summed E-state index contributed by atoms with van der Waals surface area (Å²) in [6, 6.07) is 5.27. The van der Waals surface area contributed by atoms with E-state index in [0.29, 0.717) is 28.8 Å². The molecule has 1 heterocycles. The molecule has 1 aromatic carbocycles. The molecule has 24 heavy (non-hydrogen) atoms. The summed E-state index contributed by atoms with van der Waals surface area (Å²) in [4.78, 5) is 15.8. The first kappa shape index (κ1) is 17.6. The normalized spacial score (nSPS) is 11.6. The Hall–Kier alpha value is -2.73. The lowest BCUT2D eigenvalue weighted by Crippen LogP contribution is -2.20. The molecule has 0 amide bonds. The fourth-order valence-corrected chi connectivity index (χ4v) is 2.43. The van der Waals surface area contributed by atoms with Gasteiger partial charge >= 0.3 is 5.97 Å². The highest BCUT2D eigenvalue weighted by Crippen LogP contribution is 2.23. The second kappa shape index (κ2) is 7.70. The van der Waals surface area contributed by atoms with Crippen LogP contribution < -0.4 is 10.1 Å². The van der Waals surface area contributed by atoms with Gasteiger partial charge in [0.15, 0.2) is 5.70 Å². The minimum Gasteiger partial charge on any atom is -0.496 e. The highest BCUT2D eigenvalue weighted by molar-refractivity contribution is 6.30. The van der Waals surface area contributed by atoms with E-state index in [-0.39, 0.29) is 5.70 Å². The van der Waals surface area contributed by atoms with E-state index in [4.69, 9.17) is 16.3 Å². The van der Waals surface area contributed by atoms with Gasteiger partial charge in [0.1, 0.15) is 11.6 Å². The molecule has 0 aliphatic heterocycles. The lowest BCUT2D eigenvalue weighted by Gasteiger charge is -2.15. The molecule has 0 spiro atoms. The monoisotopic (exact) mass is 347 g/mol. The zero-order valence-electron chi connectivity index (χ0n) is 13.4. The summed E-state index contributed by atoms with van der Waals surface area (Å²) in [6.07, 6.45) is 4.60. The molecule has 0 bridgehead atoms. The molecular weight excluding hydrogens is 330 g/mol. The van der Waals surface area contributed by atoms with Crippen LogP contribution in [0.5, 0.6) is 5.75 Å². The summed E-state index contributed by atoms with van der Waals surface area (Å²) in [6.45, 7) is 5.78. The smallest absolute Gasteiger partial charge is 0.355 e. The zero-order valence-corrected chi connectivity index (χ0v) is 14.2. The Bertz CT molecular complexity index is 796. The van der Waals surface area contributed by atoms with E-state index in [1.807, 2.05) is 6.07 Å². The van der Waals surface area contributed by atoms with Crippen molar-refractivity contribution in [3.63, 3.8) is 0 Å². The van der Waals surface area contributed by atoms with Crippen molar-refractivity contribution in [3.05, 3.63) is 65.4 Å². The predicted molar refractivity (Wildman–Crippen MR) is 92.9 cm³/mol. The first-order chi connectivity index (χ1) is 11.5. The topological polar surface area (TPSA) is 76.4 Å². The van der Waals surface area contributed by atoms with Gasteiger partial charge in [-0.1, -0.05) is 24.2 Å². The average Bonchev–Trinajstić information content (AvgIpc) is 2.97. The van der Waals surface area contributed by atoms with Gasteiger partial charge in [0.05, 0.1) is 12.8 Å². The minimum absolute atomic E-state index is 0.0490. The minimum atomic E-state index is -1.08. The number of imidazole rings is 1. The van der Waals surface area contributed by atoms with Crippen molar-refractivity contribution in [2.75, 3.05) is 7.11 Å². The van der Waals surface area contributed by atoms with Crippen LogP contribution in [0.4, 0.5) is 0 Å². The second-order valence-electron chi connectivity index (χ2n) is 4.93. The van der Waals surface area contributed by atoms with Gasteiger partial charge < -0.3 is 15.2 Å². The van der Waals surface area contributed by atoms with E-state index in [1.54, 1.807) is 38.6 Å². The summed E-state index contributed by atoms with van der Waals surface area (Å²) in [5.74, 6) is 0.105. The van der Waals surface area contributed by atoms with Gasteiger partial charge in [-0.05, 0) is 25.1 Å². The maximum absolute atomic E-state index is 11.7. The Kier molecular flexibility index (Phi) is 5.65. The first-order valence-corrected chi connectivity index (χ1v) is 7.52. The molecule has 0 radical (unpaired) electrons. The Morgan fingerprint density at radius 2 is 2.29 bits per heavy atom. The van der Waals surface area contributed by atoms with E-state index >= 15 is 0 Å². The van der Waals surface area contributed by atoms with E-state index in [9.17, 15) is 9.90 Å². The van der Waals surface area contributed by atoms with E-state index in [1.165, 1.54) is 10.6 Å². The van der Waals surface area contributed by atoms with Crippen LogP contribution in [-0.4, -0.2) is 27.7 Å². The van der Waals surface area contributed by atoms with Gasteiger partial charge in [-0.3, -0.25) is 4.57 Å². The third-order valence-corrected chi connectivity index (χ3v) is 3.68. The predicted octanol–water partition coefficient (Wildman–Crippen LogP) is 3.08. The van der Waals surface area contributed by atoms with E-state index < -0.39 is 5.97 Å². The third-order valence-electron chi connectivity index (χ3n) is 3.45. The number of aryl methyl sites for hydroxylation is 1. The Morgan fingerprint density at radius 3 is 2.83 bits per heavy atom. The van der Waals surface area contributed by atoms with Gasteiger partial charge in [0.2, 0.25) is 0 Å². The van der Waals surface area contributed by atoms with Crippen molar-refractivity contribution in [1.82, 2.24) is 14.9 Å². The third kappa shape index (κ3) is 3.78. The van der Waals surface area contributed by atoms with Gasteiger partial charge in [-0.25, -0.2) is 9.78 Å². The number of aromatic nitrogens is 2. The number of carbonyl (C=O) groups is 1. The summed E-state index contributed by atoms with van der Waals surface area (Å²) in [7, 11) is 1.55. The molecule has 7 heteroatoms. The summed E-state index contributed by atoms with van der Waals surface area (Å²) in [5, 5.41) is 13.2. The number of nitrogens with one attached hydrogen (secondary N) is 1. The highest BCUT2D eigenvalue weighted by atomic mass is 35.5. The van der Waals surface area contributed by atoms with Gasteiger partial charge in [-0.2, -0.15) is 0 Å². The van der Waals surface area contributed by atoms with E-state index in [0.717, 1.165) is 5.56 Å². The molecule has 0 aliphatic rings. The largest absolute Gasteiger partial charge is 0.496 e. The van der Waals surface area contributed by atoms with Crippen LogP contribution in [0.25, 0.3) is 5.70 Å². The quantitative estimate of drug-likeness (QED) is 0.594. The first-order valence-electron chi connectivity index (χ1n) is 7.14. The summed E-state index contributed by atoms with van der Waals surface area (Å²) < 4.78 is 6.79. The molecule has 0 saturated carbocycles. The van der Waals surface area contributed by atoms with Crippen LogP contribution in [0.15, 0.2) is 48.9 Å². The van der Waals surface area contributed by atoms with Gasteiger partial charge in [0.25, 0.3) is 0 Å². The molecule has 2 rings (SSSR count). The maximum atomic E-state index is 11.7. The zero-order chi connectivity index (χ0) is 17.7. The highest BCUT2D eigenvalue weighted by Gasteiger charge is 2.17. The number of halogens is 1. The number of carboxylic acids is 1. The molecular formula is C17H18ClN3O3. The number of hydrogen-bond donors (Lipinski definition) is 2. The second-order valence-corrected chi connectivity index (χ2v) is 5.36. The summed E-state index contributed by atoms with van der Waals surface area (Å²) >= 11 is 5.95. The standard InChI is InChI=1S/C17H18ClN3O3/c1-4-14(16(17(22)23)21-8-7-19-11(21)2)20-10-12-5-6-13(18)9-15(12)24-3/h4-9,20H,1,10H2,2-3H3,(H,22,23)/b16-14+. The van der Waals surface area contributed by atoms with Crippen LogP contribution in [0.1, 0.15) is 11.4 Å². The van der Waals surface area contributed by atoms with E-state index in [2.05, 4.69) is 16.9 Å². The Balaban J connectivity index is 2.35. The molecule has 0 fully saturated rings. The molecule has 126 valence electrons. The number of ether oxygens (including phenoxy) is 1. The molecule has 0 unspecified atom stereocenters. The van der Waals surface area contributed by atoms with Crippen molar-refractivity contribution in [2.45, 2.75) is 13.5 Å². The molecule has 0 aliphatic carbocycles. The van der Waals surface area contributed by atoms with Crippen LogP contribution >= 0.6 is 11.6 Å². The fourth-order valence-electron chi connectivity index (χ4n) is 2.27. The summed E-state index contributed by atoms with van der Waals surface area (Å²) in [5.41, 5.74) is 1.27. The van der Waals surface area contributed by atoms with Gasteiger partial charge in [-0.15, -0.1) is 0 Å². The number of nitrogens with zero attached hydrogens (tertiary/aromatic N) is 2. The number of aliphatic carboxylic acids is 1. The van der Waals surface area contributed by atoms with Crippen molar-refractivity contribution in [3.8, 4) is 5.75 Å². The Morgan fingerprint density at radius 1 is 1.54 bits per heavy atom. The SMILES string of the molecule is C=C/C(NCc1ccc(Cl)cc1OC)=C(/C(=O)O)n1ccnc1C. The number of carboxylic acid groups (broad SMARTS) is 1. The average molecular weight is 348 g/mol. The number of hydrogen-bond acceptors (Lipinski definition) is 4. The number of methoxy groups -OCH3 is 1. The molecule has 6 nitrogen and oxygen atoms in total. The molecule has 0 atom stereocenters. The molecule has 2 aromatic rings. The lowest BCUT2D eigenvalue weighted by atomic mass is 10.2. The van der Waals surface area contributed by atoms with Crippen LogP contribution in [0, 0.1) is 6.92 Å². The van der Waals surface area contributed by atoms with Crippen molar-refractivity contribution < 1.29 is 14.6 Å². The van der Waals surface area contributed by atoms with Crippen molar-refractivity contribution in [2.24, 2.45) is 0 Å². The Labute approximate surface area is 145 Å². The fraction of sp³-hybridized carbons (Fsp3) is 0.176. The number of allylic oxidation sites excluding steroid dienone is 1. The molecule has 1 aromatic heterocycles. The van der Waals surface area contributed by atoms with Crippen LogP contribution in [0.2, 0.25) is 5.02 Å². The van der Waals surface area contributed by atoms with Crippen LogP contribution in [0.3, 0.4) is 0 Å². The maximum Gasteiger partial charge on any atom is 0.355 e. The molecule has 2 N–H and O–H groups in total. The number of benzene rings is 1. The van der Waals surface area contributed by atoms with Crippen molar-refractivity contribution >= 4 is 23.3 Å². The van der Waals surface area contributed by atoms with Crippen LogP contribution in [-0.2, 0) is 11.3 Å².